The molecule has 1 N–H and O–H groups in total. The molecule has 11 heteroatoms. The molecule has 5 rings (SSSR count). The highest BCUT2D eigenvalue weighted by atomic mass is 19.4. The largest absolute Gasteiger partial charge is 0.420 e. The number of hydrogen-bond donors (Lipinski definition) is 1. The van der Waals surface area contributed by atoms with E-state index in [9.17, 15) is 22.0 Å². The molecule has 34 heavy (non-hydrogen) atoms. The van der Waals surface area contributed by atoms with Crippen molar-refractivity contribution in [2.75, 3.05) is 56.2 Å². The van der Waals surface area contributed by atoms with Crippen LogP contribution in [0.5, 0.6) is 0 Å². The summed E-state index contributed by atoms with van der Waals surface area (Å²) >= 11 is 0. The molecule has 190 valence electrons. The number of nitrogens with one attached hydrogen (secondary N) is 1. The van der Waals surface area contributed by atoms with Gasteiger partial charge in [-0.05, 0) is 55.9 Å². The second-order valence-corrected chi connectivity index (χ2v) is 10.5. The lowest BCUT2D eigenvalue weighted by Gasteiger charge is -2.33. The molecule has 1 aromatic rings. The maximum atomic E-state index is 13.8. The molecule has 3 aliphatic heterocycles. The summed E-state index contributed by atoms with van der Waals surface area (Å²) in [6, 6.07) is 0.767. The summed E-state index contributed by atoms with van der Waals surface area (Å²) in [5.41, 5.74) is -0.940. The van der Waals surface area contributed by atoms with Gasteiger partial charge < -0.3 is 19.9 Å². The van der Waals surface area contributed by atoms with Gasteiger partial charge in [-0.15, -0.1) is 10.2 Å². The quantitative estimate of drug-likeness (QED) is 0.624. The Morgan fingerprint density at radius 2 is 1.79 bits per heavy atom. The number of halogens is 5. The zero-order valence-electron chi connectivity index (χ0n) is 19.2. The molecular formula is C23H32F5N5O. The van der Waals surface area contributed by atoms with Crippen molar-refractivity contribution in [1.29, 1.82) is 0 Å². The average molecular weight is 490 g/mol. The standard InChI is InChI=1S/C23H32F5N5O/c24-22(25)4-1-5-33(14-22)20-10-19(23(26,27)28)21(31-30-20)29-18-8-16-12-32(13-17(16)9-18)11-15-2-6-34-7-3-15/h10,15-18H,1-9,11-14H2,(H,29,31)/t16-,17?,18?/m1/s1. The van der Waals surface area contributed by atoms with E-state index in [0.717, 1.165) is 64.6 Å². The molecule has 1 aliphatic carbocycles. The Morgan fingerprint density at radius 1 is 1.09 bits per heavy atom. The van der Waals surface area contributed by atoms with Crippen LogP contribution < -0.4 is 10.2 Å². The van der Waals surface area contributed by atoms with Crippen molar-refractivity contribution in [2.24, 2.45) is 17.8 Å². The van der Waals surface area contributed by atoms with Gasteiger partial charge in [0.25, 0.3) is 5.92 Å². The Balaban J connectivity index is 1.22. The van der Waals surface area contributed by atoms with Gasteiger partial charge in [-0.25, -0.2) is 8.78 Å². The van der Waals surface area contributed by atoms with Crippen LogP contribution in [0.25, 0.3) is 0 Å². The van der Waals surface area contributed by atoms with E-state index in [1.165, 1.54) is 4.90 Å². The average Bonchev–Trinajstić information content (AvgIpc) is 3.31. The van der Waals surface area contributed by atoms with E-state index in [2.05, 4.69) is 20.4 Å². The fraction of sp³-hybridized carbons (Fsp3) is 0.826. The number of hydrogen-bond acceptors (Lipinski definition) is 6. The predicted octanol–water partition coefficient (Wildman–Crippen LogP) is 4.28. The molecule has 1 saturated carbocycles. The molecule has 0 spiro atoms. The number of rotatable bonds is 5. The molecule has 4 aliphatic rings. The van der Waals surface area contributed by atoms with Crippen LogP contribution in [0, 0.1) is 17.8 Å². The van der Waals surface area contributed by atoms with Crippen LogP contribution in [0.3, 0.4) is 0 Å². The monoisotopic (exact) mass is 489 g/mol. The third-order valence-electron chi connectivity index (χ3n) is 7.83. The highest BCUT2D eigenvalue weighted by molar-refractivity contribution is 5.53. The van der Waals surface area contributed by atoms with E-state index in [-0.39, 0.29) is 37.1 Å². The number of anilines is 2. The topological polar surface area (TPSA) is 53.5 Å². The van der Waals surface area contributed by atoms with Crippen LogP contribution in [0.1, 0.15) is 44.1 Å². The fourth-order valence-electron chi connectivity index (χ4n) is 6.17. The maximum Gasteiger partial charge on any atom is 0.420 e. The van der Waals surface area contributed by atoms with Gasteiger partial charge in [0, 0.05) is 51.9 Å². The van der Waals surface area contributed by atoms with E-state index in [0.29, 0.717) is 17.8 Å². The number of piperidine rings is 1. The first-order valence-corrected chi connectivity index (χ1v) is 12.3. The van der Waals surface area contributed by atoms with E-state index in [1.807, 2.05) is 0 Å². The number of fused-ring (bicyclic) bond motifs is 1. The fourth-order valence-corrected chi connectivity index (χ4v) is 6.17. The second-order valence-electron chi connectivity index (χ2n) is 10.5. The van der Waals surface area contributed by atoms with Gasteiger partial charge in [-0.1, -0.05) is 0 Å². The zero-order valence-corrected chi connectivity index (χ0v) is 19.2. The summed E-state index contributed by atoms with van der Waals surface area (Å²) in [6.45, 7) is 4.32. The highest BCUT2D eigenvalue weighted by Crippen LogP contribution is 2.42. The van der Waals surface area contributed by atoms with E-state index >= 15 is 0 Å². The minimum atomic E-state index is -4.65. The summed E-state index contributed by atoms with van der Waals surface area (Å²) < 4.78 is 74.5. The lowest BCUT2D eigenvalue weighted by atomic mass is 10.00. The molecule has 0 aromatic carbocycles. The van der Waals surface area contributed by atoms with Crippen LogP contribution >= 0.6 is 0 Å². The molecule has 6 nitrogen and oxygen atoms in total. The molecule has 1 aromatic heterocycles. The summed E-state index contributed by atoms with van der Waals surface area (Å²) in [7, 11) is 0. The van der Waals surface area contributed by atoms with Gasteiger partial charge in [-0.3, -0.25) is 0 Å². The zero-order chi connectivity index (χ0) is 23.9. The minimum Gasteiger partial charge on any atom is -0.381 e. The Hall–Kier alpha value is -1.75. The number of nitrogens with zero attached hydrogens (tertiary/aromatic N) is 4. The van der Waals surface area contributed by atoms with Crippen molar-refractivity contribution in [3.8, 4) is 0 Å². The normalized spacial score (nSPS) is 30.5. The lowest BCUT2D eigenvalue weighted by molar-refractivity contribution is -0.137. The maximum absolute atomic E-state index is 13.8. The Bertz CT molecular complexity index is 849. The summed E-state index contributed by atoms with van der Waals surface area (Å²) in [6.07, 6.45) is -0.923. The molecule has 3 saturated heterocycles. The Morgan fingerprint density at radius 3 is 2.44 bits per heavy atom. The lowest BCUT2D eigenvalue weighted by Crippen LogP contribution is -2.43. The molecule has 0 bridgehead atoms. The van der Waals surface area contributed by atoms with Gasteiger partial charge in [0.1, 0.15) is 5.56 Å². The van der Waals surface area contributed by atoms with Crippen molar-refractivity contribution in [2.45, 2.75) is 56.7 Å². The van der Waals surface area contributed by atoms with Gasteiger partial charge in [0.15, 0.2) is 11.6 Å². The van der Waals surface area contributed by atoms with Gasteiger partial charge in [0.2, 0.25) is 0 Å². The van der Waals surface area contributed by atoms with Gasteiger partial charge >= 0.3 is 6.18 Å². The van der Waals surface area contributed by atoms with Gasteiger partial charge in [-0.2, -0.15) is 13.2 Å². The van der Waals surface area contributed by atoms with Crippen LogP contribution in [0.2, 0.25) is 0 Å². The molecule has 0 amide bonds. The smallest absolute Gasteiger partial charge is 0.381 e. The summed E-state index contributed by atoms with van der Waals surface area (Å²) in [5, 5.41) is 10.7. The molecule has 0 radical (unpaired) electrons. The first kappa shape index (κ1) is 24.0. The molecule has 3 atom stereocenters. The second kappa shape index (κ2) is 9.37. The van der Waals surface area contributed by atoms with Crippen LogP contribution in [-0.2, 0) is 10.9 Å². The first-order chi connectivity index (χ1) is 16.2. The van der Waals surface area contributed by atoms with Crippen LogP contribution in [-0.4, -0.2) is 73.0 Å². The van der Waals surface area contributed by atoms with Crippen molar-refractivity contribution in [3.63, 3.8) is 0 Å². The predicted molar refractivity (Wildman–Crippen MR) is 117 cm³/mol. The van der Waals surface area contributed by atoms with E-state index in [1.54, 1.807) is 0 Å². The number of aromatic nitrogens is 2. The van der Waals surface area contributed by atoms with Gasteiger partial charge in [0.05, 0.1) is 6.54 Å². The molecule has 4 heterocycles. The number of alkyl halides is 5. The Labute approximate surface area is 196 Å². The number of ether oxygens (including phenoxy) is 1. The molecule has 2 unspecified atom stereocenters. The SMILES string of the molecule is FC1(F)CCCN(c2cc(C(F)(F)F)c(NC3CC4CN(CC5CCOCC5)C[C@H]4C3)nn2)C1. The van der Waals surface area contributed by atoms with Crippen molar-refractivity contribution in [1.82, 2.24) is 15.1 Å². The van der Waals surface area contributed by atoms with Crippen LogP contribution in [0.15, 0.2) is 6.07 Å². The molecule has 4 fully saturated rings. The highest BCUT2D eigenvalue weighted by Gasteiger charge is 2.43. The number of likely N-dealkylation sites (tertiary alicyclic amines) is 1. The Kier molecular flexibility index (Phi) is 6.60. The summed E-state index contributed by atoms with van der Waals surface area (Å²) in [5.74, 6) is -1.78. The van der Waals surface area contributed by atoms with Crippen molar-refractivity contribution >= 4 is 11.6 Å². The van der Waals surface area contributed by atoms with Crippen molar-refractivity contribution < 1.29 is 26.7 Å². The minimum absolute atomic E-state index is 0.0965. The summed E-state index contributed by atoms with van der Waals surface area (Å²) in [4.78, 5) is 3.70. The third kappa shape index (κ3) is 5.40. The molecular weight excluding hydrogens is 457 g/mol. The first-order valence-electron chi connectivity index (χ1n) is 12.3. The van der Waals surface area contributed by atoms with Crippen molar-refractivity contribution in [3.05, 3.63) is 11.6 Å². The van der Waals surface area contributed by atoms with E-state index in [4.69, 9.17) is 4.74 Å². The van der Waals surface area contributed by atoms with Crippen LogP contribution in [0.4, 0.5) is 33.6 Å². The third-order valence-corrected chi connectivity index (χ3v) is 7.83. The van der Waals surface area contributed by atoms with E-state index < -0.39 is 24.2 Å².